The highest BCUT2D eigenvalue weighted by atomic mass is 16.4. The molecule has 0 aromatic heterocycles. The van der Waals surface area contributed by atoms with Crippen LogP contribution in [0.1, 0.15) is 30.5 Å². The molecule has 2 N–H and O–H groups in total. The van der Waals surface area contributed by atoms with Crippen molar-refractivity contribution in [2.24, 2.45) is 0 Å². The summed E-state index contributed by atoms with van der Waals surface area (Å²) >= 11 is 0. The quantitative estimate of drug-likeness (QED) is 0.798. The van der Waals surface area contributed by atoms with Gasteiger partial charge in [-0.25, -0.2) is 4.79 Å². The van der Waals surface area contributed by atoms with Gasteiger partial charge in [-0.3, -0.25) is 0 Å². The molecule has 1 aromatic carbocycles. The summed E-state index contributed by atoms with van der Waals surface area (Å²) in [7, 11) is 0. The Kier molecular flexibility index (Phi) is 4.50. The molecule has 3 nitrogen and oxygen atoms in total. The number of hydrogen-bond acceptors (Lipinski definition) is 2. The molecule has 0 aliphatic rings. The second-order valence-electron chi connectivity index (χ2n) is 3.87. The van der Waals surface area contributed by atoms with Crippen LogP contribution in [-0.2, 0) is 24.1 Å². The zero-order valence-electron chi connectivity index (χ0n) is 9.73. The summed E-state index contributed by atoms with van der Waals surface area (Å²) < 4.78 is 0. The molecule has 16 heavy (non-hydrogen) atoms. The van der Waals surface area contributed by atoms with E-state index in [9.17, 15) is 9.90 Å². The fourth-order valence-corrected chi connectivity index (χ4v) is 1.79. The van der Waals surface area contributed by atoms with Gasteiger partial charge in [-0.05, 0) is 29.5 Å². The lowest BCUT2D eigenvalue weighted by molar-refractivity contribution is -0.146. The summed E-state index contributed by atoms with van der Waals surface area (Å²) in [6, 6.07) is 5.90. The first-order valence-electron chi connectivity index (χ1n) is 5.60. The van der Waals surface area contributed by atoms with Crippen molar-refractivity contribution in [2.45, 2.75) is 39.2 Å². The van der Waals surface area contributed by atoms with E-state index < -0.39 is 12.1 Å². The fourth-order valence-electron chi connectivity index (χ4n) is 1.79. The van der Waals surface area contributed by atoms with E-state index in [4.69, 9.17) is 5.11 Å². The Bertz CT molecular complexity index is 371. The first-order valence-corrected chi connectivity index (χ1v) is 5.60. The van der Waals surface area contributed by atoms with Crippen molar-refractivity contribution < 1.29 is 15.0 Å². The summed E-state index contributed by atoms with van der Waals surface area (Å²) in [6.07, 6.45) is 0.773. The molecule has 0 saturated carbocycles. The van der Waals surface area contributed by atoms with Gasteiger partial charge in [-0.15, -0.1) is 0 Å². The van der Waals surface area contributed by atoms with Gasteiger partial charge in [0.2, 0.25) is 0 Å². The zero-order valence-corrected chi connectivity index (χ0v) is 9.73. The van der Waals surface area contributed by atoms with Crippen LogP contribution in [0.15, 0.2) is 18.2 Å². The molecule has 1 rings (SSSR count). The molecule has 3 heteroatoms. The highest BCUT2D eigenvalue weighted by Crippen LogP contribution is 2.15. The van der Waals surface area contributed by atoms with E-state index in [0.717, 1.165) is 18.4 Å². The number of aliphatic carboxylic acids is 1. The Labute approximate surface area is 95.7 Å². The first-order chi connectivity index (χ1) is 7.58. The standard InChI is InChI=1S/C13H18O3/c1-3-10-6-5-9(7-11(10)4-2)8-12(14)13(15)16/h5-7,12,14H,3-4,8H2,1-2H3,(H,15,16). The van der Waals surface area contributed by atoms with Gasteiger partial charge < -0.3 is 10.2 Å². The van der Waals surface area contributed by atoms with Crippen molar-refractivity contribution in [3.05, 3.63) is 34.9 Å². The van der Waals surface area contributed by atoms with Gasteiger partial charge >= 0.3 is 5.97 Å². The van der Waals surface area contributed by atoms with Crippen LogP contribution in [0.3, 0.4) is 0 Å². The van der Waals surface area contributed by atoms with Crippen molar-refractivity contribution in [3.63, 3.8) is 0 Å². The number of aliphatic hydroxyl groups excluding tert-OH is 1. The molecule has 88 valence electrons. The van der Waals surface area contributed by atoms with Gasteiger partial charge in [0, 0.05) is 6.42 Å². The lowest BCUT2D eigenvalue weighted by Crippen LogP contribution is -2.22. The average molecular weight is 222 g/mol. The molecule has 1 unspecified atom stereocenters. The average Bonchev–Trinajstić information content (AvgIpc) is 2.28. The Balaban J connectivity index is 2.86. The number of aryl methyl sites for hydroxylation is 2. The highest BCUT2D eigenvalue weighted by Gasteiger charge is 2.14. The number of hydrogen-bond donors (Lipinski definition) is 2. The van der Waals surface area contributed by atoms with E-state index in [1.54, 1.807) is 0 Å². The smallest absolute Gasteiger partial charge is 0.332 e. The van der Waals surface area contributed by atoms with Crippen LogP contribution in [0.2, 0.25) is 0 Å². The van der Waals surface area contributed by atoms with E-state index in [0.29, 0.717) is 0 Å². The number of carboxylic acids is 1. The first kappa shape index (κ1) is 12.7. The number of rotatable bonds is 5. The molecule has 1 aromatic rings. The largest absolute Gasteiger partial charge is 0.479 e. The van der Waals surface area contributed by atoms with Crippen LogP contribution >= 0.6 is 0 Å². The highest BCUT2D eigenvalue weighted by molar-refractivity contribution is 5.72. The van der Waals surface area contributed by atoms with Crippen molar-refractivity contribution in [2.75, 3.05) is 0 Å². The van der Waals surface area contributed by atoms with E-state index in [1.807, 2.05) is 18.2 Å². The van der Waals surface area contributed by atoms with Crippen molar-refractivity contribution in [3.8, 4) is 0 Å². The maximum Gasteiger partial charge on any atom is 0.332 e. The Morgan fingerprint density at radius 3 is 2.38 bits per heavy atom. The summed E-state index contributed by atoms with van der Waals surface area (Å²) in [5.41, 5.74) is 3.40. The predicted molar refractivity (Wildman–Crippen MR) is 62.5 cm³/mol. The molecule has 0 fully saturated rings. The number of aliphatic hydroxyl groups is 1. The van der Waals surface area contributed by atoms with Gasteiger partial charge in [-0.1, -0.05) is 32.0 Å². The Hall–Kier alpha value is -1.35. The third-order valence-corrected chi connectivity index (χ3v) is 2.75. The van der Waals surface area contributed by atoms with Crippen LogP contribution in [0.4, 0.5) is 0 Å². The zero-order chi connectivity index (χ0) is 12.1. The van der Waals surface area contributed by atoms with E-state index in [2.05, 4.69) is 13.8 Å². The molecule has 0 radical (unpaired) electrons. The van der Waals surface area contributed by atoms with Crippen molar-refractivity contribution >= 4 is 5.97 Å². The molecule has 0 amide bonds. The van der Waals surface area contributed by atoms with Crippen LogP contribution in [0, 0.1) is 0 Å². The number of carbonyl (C=O) groups is 1. The maximum absolute atomic E-state index is 10.5. The summed E-state index contributed by atoms with van der Waals surface area (Å²) in [5, 5.41) is 17.9. The lowest BCUT2D eigenvalue weighted by Gasteiger charge is -2.10. The molecule has 0 heterocycles. The third kappa shape index (κ3) is 3.07. The minimum atomic E-state index is -1.31. The lowest BCUT2D eigenvalue weighted by atomic mass is 9.97. The molecule has 0 aliphatic heterocycles. The molecular formula is C13H18O3. The van der Waals surface area contributed by atoms with Gasteiger partial charge in [0.25, 0.3) is 0 Å². The van der Waals surface area contributed by atoms with Gasteiger partial charge in [0.15, 0.2) is 6.10 Å². The van der Waals surface area contributed by atoms with Gasteiger partial charge in [0.05, 0.1) is 0 Å². The minimum absolute atomic E-state index is 0.173. The van der Waals surface area contributed by atoms with Crippen LogP contribution in [0.5, 0.6) is 0 Å². The normalized spacial score (nSPS) is 12.4. The number of benzene rings is 1. The summed E-state index contributed by atoms with van der Waals surface area (Å²) in [4.78, 5) is 10.5. The molecular weight excluding hydrogens is 204 g/mol. The molecule has 1 atom stereocenters. The molecule has 0 saturated heterocycles. The predicted octanol–water partition coefficient (Wildman–Crippen LogP) is 1.80. The van der Waals surface area contributed by atoms with Crippen molar-refractivity contribution in [1.29, 1.82) is 0 Å². The molecule has 0 aliphatic carbocycles. The van der Waals surface area contributed by atoms with Gasteiger partial charge in [0.1, 0.15) is 0 Å². The fraction of sp³-hybridized carbons (Fsp3) is 0.462. The molecule has 0 bridgehead atoms. The van der Waals surface area contributed by atoms with E-state index >= 15 is 0 Å². The summed E-state index contributed by atoms with van der Waals surface area (Å²) in [6.45, 7) is 4.17. The monoisotopic (exact) mass is 222 g/mol. The second-order valence-corrected chi connectivity index (χ2v) is 3.87. The van der Waals surface area contributed by atoms with E-state index in [-0.39, 0.29) is 6.42 Å². The Morgan fingerprint density at radius 2 is 1.88 bits per heavy atom. The van der Waals surface area contributed by atoms with Crippen molar-refractivity contribution in [1.82, 2.24) is 0 Å². The molecule has 0 spiro atoms. The maximum atomic E-state index is 10.5. The van der Waals surface area contributed by atoms with Crippen LogP contribution in [-0.4, -0.2) is 22.3 Å². The third-order valence-electron chi connectivity index (χ3n) is 2.75. The van der Waals surface area contributed by atoms with Crippen LogP contribution < -0.4 is 0 Å². The topological polar surface area (TPSA) is 57.5 Å². The number of carboxylic acid groups (broad SMARTS) is 1. The second kappa shape index (κ2) is 5.66. The summed E-state index contributed by atoms with van der Waals surface area (Å²) in [5.74, 6) is -1.17. The van der Waals surface area contributed by atoms with Gasteiger partial charge in [-0.2, -0.15) is 0 Å². The van der Waals surface area contributed by atoms with E-state index in [1.165, 1.54) is 11.1 Å². The van der Waals surface area contributed by atoms with Crippen LogP contribution in [0.25, 0.3) is 0 Å². The minimum Gasteiger partial charge on any atom is -0.479 e. The Morgan fingerprint density at radius 1 is 1.25 bits per heavy atom. The SMILES string of the molecule is CCc1ccc(CC(O)C(=O)O)cc1CC.